The Morgan fingerprint density at radius 3 is 2.54 bits per heavy atom. The lowest BCUT2D eigenvalue weighted by atomic mass is 10.2. The number of sulfonamides is 1. The first-order valence-corrected chi connectivity index (χ1v) is 13.8. The first-order chi connectivity index (χ1) is 17.9. The Kier molecular flexibility index (Phi) is 6.86. The minimum absolute atomic E-state index is 0.0278. The number of nitrogens with one attached hydrogen (secondary N) is 1. The van der Waals surface area contributed by atoms with Crippen molar-refractivity contribution in [3.05, 3.63) is 76.4 Å². The molecule has 0 spiro atoms. The summed E-state index contributed by atoms with van der Waals surface area (Å²) >= 11 is 1.21. The first-order valence-electron chi connectivity index (χ1n) is 11.5. The Labute approximate surface area is 217 Å². The van der Waals surface area contributed by atoms with Gasteiger partial charge in [-0.15, -0.1) is 17.9 Å². The van der Waals surface area contributed by atoms with Crippen molar-refractivity contribution >= 4 is 50.0 Å². The van der Waals surface area contributed by atoms with Crippen molar-refractivity contribution in [3.8, 4) is 0 Å². The lowest BCUT2D eigenvalue weighted by Gasteiger charge is -2.33. The number of nitrogens with zero attached hydrogens (tertiary/aromatic N) is 7. The fourth-order valence-electron chi connectivity index (χ4n) is 4.07. The van der Waals surface area contributed by atoms with Crippen LogP contribution in [0.25, 0.3) is 11.2 Å². The van der Waals surface area contributed by atoms with Crippen molar-refractivity contribution in [3.63, 3.8) is 0 Å². The van der Waals surface area contributed by atoms with E-state index in [9.17, 15) is 18.5 Å². The van der Waals surface area contributed by atoms with Crippen LogP contribution in [0.2, 0.25) is 0 Å². The highest BCUT2D eigenvalue weighted by molar-refractivity contribution is 7.91. The fraction of sp³-hybridized carbons (Fsp3) is 0.261. The van der Waals surface area contributed by atoms with E-state index >= 15 is 0 Å². The van der Waals surface area contributed by atoms with Crippen LogP contribution in [-0.2, 0) is 16.6 Å². The average Bonchev–Trinajstić information content (AvgIpc) is 3.59. The molecular weight excluding hydrogens is 516 g/mol. The molecule has 37 heavy (non-hydrogen) atoms. The molecule has 5 rings (SSSR count). The van der Waals surface area contributed by atoms with Crippen LogP contribution in [0.1, 0.15) is 5.56 Å². The second-order valence-electron chi connectivity index (χ2n) is 8.33. The van der Waals surface area contributed by atoms with Crippen molar-refractivity contribution in [2.24, 2.45) is 0 Å². The summed E-state index contributed by atoms with van der Waals surface area (Å²) in [5, 5.41) is 15.9. The third-order valence-electron chi connectivity index (χ3n) is 5.98. The van der Waals surface area contributed by atoms with Gasteiger partial charge in [-0.25, -0.2) is 13.4 Å². The van der Waals surface area contributed by atoms with Gasteiger partial charge in [-0.05, 0) is 17.0 Å². The Morgan fingerprint density at radius 1 is 1.14 bits per heavy atom. The van der Waals surface area contributed by atoms with Gasteiger partial charge in [0.15, 0.2) is 17.0 Å². The van der Waals surface area contributed by atoms with Gasteiger partial charge in [0.25, 0.3) is 15.7 Å². The molecule has 4 aromatic rings. The molecule has 0 bridgehead atoms. The van der Waals surface area contributed by atoms with Crippen LogP contribution in [0.15, 0.2) is 65.0 Å². The molecule has 1 N–H and O–H groups in total. The average molecular weight is 541 g/mol. The summed E-state index contributed by atoms with van der Waals surface area (Å²) in [5.74, 6) is 1.02. The first kappa shape index (κ1) is 24.8. The number of nitro groups is 1. The highest BCUT2D eigenvalue weighted by Crippen LogP contribution is 2.26. The van der Waals surface area contributed by atoms with E-state index in [-0.39, 0.29) is 5.69 Å². The Hall–Kier alpha value is -3.88. The van der Waals surface area contributed by atoms with Crippen LogP contribution < -0.4 is 10.2 Å². The molecule has 192 valence electrons. The van der Waals surface area contributed by atoms with Gasteiger partial charge in [0.1, 0.15) is 4.21 Å². The van der Waals surface area contributed by atoms with Crippen molar-refractivity contribution in [1.82, 2.24) is 23.8 Å². The molecule has 0 saturated carbocycles. The molecular formula is C23H24N8O4S2. The largest absolute Gasteiger partial charge is 0.365 e. The normalized spacial score (nSPS) is 14.6. The molecule has 0 atom stereocenters. The van der Waals surface area contributed by atoms with Crippen molar-refractivity contribution in [2.75, 3.05) is 42.9 Å². The number of non-ortho nitro benzene ring substituents is 1. The summed E-state index contributed by atoms with van der Waals surface area (Å²) < 4.78 is 29.5. The van der Waals surface area contributed by atoms with Crippen molar-refractivity contribution < 1.29 is 13.3 Å². The predicted molar refractivity (Wildman–Crippen MR) is 141 cm³/mol. The molecule has 14 heteroatoms. The highest BCUT2D eigenvalue weighted by atomic mass is 32.2. The molecule has 12 nitrogen and oxygen atoms in total. The molecule has 3 aromatic heterocycles. The molecule has 1 aromatic carbocycles. The van der Waals surface area contributed by atoms with Crippen LogP contribution in [0.5, 0.6) is 0 Å². The molecule has 1 saturated heterocycles. The van der Waals surface area contributed by atoms with Gasteiger partial charge in [-0.3, -0.25) is 10.1 Å². The summed E-state index contributed by atoms with van der Waals surface area (Å²) in [6.07, 6.45) is 3.38. The van der Waals surface area contributed by atoms with Crippen LogP contribution in [0.3, 0.4) is 0 Å². The fourth-order valence-corrected chi connectivity index (χ4v) is 6.63. The molecule has 1 aliphatic heterocycles. The van der Waals surface area contributed by atoms with Crippen molar-refractivity contribution in [1.29, 1.82) is 0 Å². The second kappa shape index (κ2) is 10.2. The van der Waals surface area contributed by atoms with E-state index in [1.54, 1.807) is 42.0 Å². The number of hydrogen-bond acceptors (Lipinski definition) is 10. The number of nitro benzene ring substituents is 1. The van der Waals surface area contributed by atoms with Gasteiger partial charge < -0.3 is 14.8 Å². The number of imidazole rings is 1. The molecule has 1 aliphatic rings. The third kappa shape index (κ3) is 5.03. The van der Waals surface area contributed by atoms with Gasteiger partial charge in [0, 0.05) is 44.9 Å². The standard InChI is InChI=1S/C23H24N8O4S2/c1-2-9-24-21-20-22(29(16-25-20)15-17-5-7-18(8-6-17)31(32)33)27-23(26-21)28-10-12-30(13-11-28)37(34,35)19-4-3-14-36-19/h2-8,14,16H,1,9-13,15H2,(H,24,26,27). The summed E-state index contributed by atoms with van der Waals surface area (Å²) in [6, 6.07) is 9.69. The summed E-state index contributed by atoms with van der Waals surface area (Å²) in [6.45, 7) is 6.16. The Morgan fingerprint density at radius 2 is 1.89 bits per heavy atom. The van der Waals surface area contributed by atoms with E-state index in [4.69, 9.17) is 4.98 Å². The van der Waals surface area contributed by atoms with E-state index in [1.807, 2.05) is 9.47 Å². The summed E-state index contributed by atoms with van der Waals surface area (Å²) in [4.78, 5) is 26.5. The quantitative estimate of drug-likeness (QED) is 0.193. The summed E-state index contributed by atoms with van der Waals surface area (Å²) in [7, 11) is -3.52. The number of rotatable bonds is 9. The van der Waals surface area contributed by atoms with E-state index in [0.717, 1.165) is 5.56 Å². The highest BCUT2D eigenvalue weighted by Gasteiger charge is 2.30. The monoisotopic (exact) mass is 540 g/mol. The number of fused-ring (bicyclic) bond motifs is 1. The second-order valence-corrected chi connectivity index (χ2v) is 11.4. The summed E-state index contributed by atoms with van der Waals surface area (Å²) in [5.41, 5.74) is 2.08. The minimum Gasteiger partial charge on any atom is -0.365 e. The van der Waals surface area contributed by atoms with Crippen LogP contribution in [-0.4, -0.2) is 69.9 Å². The lowest BCUT2D eigenvalue weighted by molar-refractivity contribution is -0.384. The van der Waals surface area contributed by atoms with Crippen LogP contribution >= 0.6 is 11.3 Å². The molecule has 0 aliphatic carbocycles. The third-order valence-corrected chi connectivity index (χ3v) is 9.25. The topological polar surface area (TPSA) is 139 Å². The number of hydrogen-bond donors (Lipinski definition) is 1. The lowest BCUT2D eigenvalue weighted by Crippen LogP contribution is -2.49. The minimum atomic E-state index is -3.52. The molecule has 4 heterocycles. The van der Waals surface area contributed by atoms with Crippen molar-refractivity contribution in [2.45, 2.75) is 10.8 Å². The number of piperazine rings is 1. The maximum absolute atomic E-state index is 12.9. The van der Waals surface area contributed by atoms with E-state index in [0.29, 0.717) is 66.4 Å². The number of aromatic nitrogens is 4. The molecule has 1 fully saturated rings. The number of anilines is 2. The van der Waals surface area contributed by atoms with Gasteiger partial charge in [-0.1, -0.05) is 24.3 Å². The van der Waals surface area contributed by atoms with E-state index in [2.05, 4.69) is 21.9 Å². The molecule has 0 unspecified atom stereocenters. The zero-order valence-corrected chi connectivity index (χ0v) is 21.4. The van der Waals surface area contributed by atoms with Gasteiger partial charge in [-0.2, -0.15) is 14.3 Å². The smallest absolute Gasteiger partial charge is 0.269 e. The Bertz CT molecular complexity index is 1530. The van der Waals surface area contributed by atoms with Gasteiger partial charge >= 0.3 is 0 Å². The van der Waals surface area contributed by atoms with Crippen LogP contribution in [0, 0.1) is 10.1 Å². The maximum atomic E-state index is 12.9. The number of benzene rings is 1. The van der Waals surface area contributed by atoms with Gasteiger partial charge in [0.2, 0.25) is 5.95 Å². The predicted octanol–water partition coefficient (Wildman–Crippen LogP) is 2.95. The molecule has 0 radical (unpaired) electrons. The molecule has 0 amide bonds. The SMILES string of the molecule is C=CCNc1nc(N2CCN(S(=O)(=O)c3cccs3)CC2)nc2c1ncn2Cc1ccc([N+](=O)[O-])cc1. The van der Waals surface area contributed by atoms with E-state index in [1.165, 1.54) is 27.8 Å². The van der Waals surface area contributed by atoms with Crippen LogP contribution in [0.4, 0.5) is 17.5 Å². The Balaban J connectivity index is 1.41. The number of thiophene rings is 1. The van der Waals surface area contributed by atoms with Gasteiger partial charge in [0.05, 0.1) is 17.8 Å². The zero-order chi connectivity index (χ0) is 26.0. The zero-order valence-electron chi connectivity index (χ0n) is 19.7. The van der Waals surface area contributed by atoms with E-state index < -0.39 is 14.9 Å². The maximum Gasteiger partial charge on any atom is 0.269 e.